The minimum absolute atomic E-state index is 0.106. The highest BCUT2D eigenvalue weighted by Gasteiger charge is 2.21. The molecule has 1 unspecified atom stereocenters. The lowest BCUT2D eigenvalue weighted by Gasteiger charge is -2.32. The van der Waals surface area contributed by atoms with Crippen molar-refractivity contribution in [3.8, 4) is 11.1 Å². The molecule has 0 N–H and O–H groups in total. The highest BCUT2D eigenvalue weighted by Crippen LogP contribution is 2.31. The monoisotopic (exact) mass is 316 g/mol. The van der Waals surface area contributed by atoms with Crippen LogP contribution >= 0.6 is 0 Å². The Bertz CT molecular complexity index is 707. The first kappa shape index (κ1) is 15.6. The maximum atomic E-state index is 11.3. The van der Waals surface area contributed by atoms with Gasteiger partial charge in [-0.05, 0) is 24.1 Å². The number of rotatable bonds is 4. The van der Waals surface area contributed by atoms with Crippen molar-refractivity contribution in [3.63, 3.8) is 0 Å². The molecule has 7 heteroatoms. The fraction of sp³-hybridized carbons (Fsp3) is 0.438. The molecule has 1 aromatic heterocycles. The van der Waals surface area contributed by atoms with Crippen molar-refractivity contribution in [2.75, 3.05) is 26.3 Å². The van der Waals surface area contributed by atoms with Crippen LogP contribution in [0.5, 0.6) is 0 Å². The van der Waals surface area contributed by atoms with Crippen molar-refractivity contribution in [1.82, 2.24) is 14.7 Å². The molecule has 0 radical (unpaired) electrons. The van der Waals surface area contributed by atoms with E-state index in [1.807, 2.05) is 19.3 Å². The van der Waals surface area contributed by atoms with Crippen LogP contribution in [0.25, 0.3) is 11.1 Å². The van der Waals surface area contributed by atoms with E-state index in [1.54, 1.807) is 23.0 Å². The van der Waals surface area contributed by atoms with Gasteiger partial charge in [-0.2, -0.15) is 5.10 Å². The summed E-state index contributed by atoms with van der Waals surface area (Å²) < 4.78 is 7.08. The van der Waals surface area contributed by atoms with Gasteiger partial charge in [0.05, 0.1) is 24.3 Å². The lowest BCUT2D eigenvalue weighted by molar-refractivity contribution is -0.384. The van der Waals surface area contributed by atoms with Crippen molar-refractivity contribution < 1.29 is 9.66 Å². The average Bonchev–Trinajstić information content (AvgIpc) is 3.01. The number of aryl methyl sites for hydroxylation is 1. The third kappa shape index (κ3) is 3.40. The molecule has 0 amide bonds. The lowest BCUT2D eigenvalue weighted by Crippen LogP contribution is -2.38. The van der Waals surface area contributed by atoms with Gasteiger partial charge < -0.3 is 4.74 Å². The summed E-state index contributed by atoms with van der Waals surface area (Å²) in [6, 6.07) is 5.39. The number of hydrogen-bond acceptors (Lipinski definition) is 5. The number of benzene rings is 1. The van der Waals surface area contributed by atoms with Crippen molar-refractivity contribution in [2.24, 2.45) is 7.05 Å². The minimum Gasteiger partial charge on any atom is -0.379 e. The van der Waals surface area contributed by atoms with E-state index in [0.717, 1.165) is 29.8 Å². The molecule has 1 saturated heterocycles. The largest absolute Gasteiger partial charge is 0.379 e. The lowest BCUT2D eigenvalue weighted by atomic mass is 9.99. The first-order chi connectivity index (χ1) is 11.0. The number of aromatic nitrogens is 2. The van der Waals surface area contributed by atoms with Gasteiger partial charge in [0, 0.05) is 50.1 Å². The van der Waals surface area contributed by atoms with Crippen LogP contribution in [-0.2, 0) is 11.8 Å². The standard InChI is InChI=1S/C16H20N4O3/c1-12(19-3-5-23-6-4-19)13-7-14(9-16(8-13)20(21)22)15-10-17-18(2)11-15/h7-12H,3-6H2,1-2H3. The molecule has 1 aliphatic heterocycles. The normalized spacial score (nSPS) is 17.1. The van der Waals surface area contributed by atoms with E-state index in [0.29, 0.717) is 13.2 Å². The van der Waals surface area contributed by atoms with Crippen LogP contribution < -0.4 is 0 Å². The third-order valence-corrected chi connectivity index (χ3v) is 4.26. The zero-order chi connectivity index (χ0) is 16.4. The maximum Gasteiger partial charge on any atom is 0.270 e. The number of morpholine rings is 1. The van der Waals surface area contributed by atoms with Crippen LogP contribution in [0.4, 0.5) is 5.69 Å². The fourth-order valence-corrected chi connectivity index (χ4v) is 2.89. The summed E-state index contributed by atoms with van der Waals surface area (Å²) in [7, 11) is 1.83. The first-order valence-corrected chi connectivity index (χ1v) is 7.65. The van der Waals surface area contributed by atoms with Gasteiger partial charge in [0.25, 0.3) is 5.69 Å². The summed E-state index contributed by atoms with van der Waals surface area (Å²) in [4.78, 5) is 13.2. The molecule has 0 bridgehead atoms. The van der Waals surface area contributed by atoms with Gasteiger partial charge in [0.2, 0.25) is 0 Å². The molecule has 1 aliphatic rings. The van der Waals surface area contributed by atoms with Crippen molar-refractivity contribution in [1.29, 1.82) is 0 Å². The number of nitrogens with zero attached hydrogens (tertiary/aromatic N) is 4. The van der Waals surface area contributed by atoms with E-state index >= 15 is 0 Å². The predicted molar refractivity (Wildman–Crippen MR) is 86.1 cm³/mol. The summed E-state index contributed by atoms with van der Waals surface area (Å²) in [5.41, 5.74) is 2.76. The van der Waals surface area contributed by atoms with E-state index in [-0.39, 0.29) is 16.7 Å². The Morgan fingerprint density at radius 3 is 2.61 bits per heavy atom. The molecule has 23 heavy (non-hydrogen) atoms. The van der Waals surface area contributed by atoms with Gasteiger partial charge in [0.1, 0.15) is 0 Å². The summed E-state index contributed by atoms with van der Waals surface area (Å²) in [5, 5.41) is 15.4. The highest BCUT2D eigenvalue weighted by molar-refractivity contribution is 5.66. The molecule has 0 aliphatic carbocycles. The molecule has 2 heterocycles. The van der Waals surface area contributed by atoms with Gasteiger partial charge in [0.15, 0.2) is 0 Å². The van der Waals surface area contributed by atoms with Gasteiger partial charge in [-0.1, -0.05) is 0 Å². The van der Waals surface area contributed by atoms with Crippen molar-refractivity contribution in [2.45, 2.75) is 13.0 Å². The molecule has 7 nitrogen and oxygen atoms in total. The van der Waals surface area contributed by atoms with E-state index in [2.05, 4.69) is 16.9 Å². The second-order valence-electron chi connectivity index (χ2n) is 5.80. The van der Waals surface area contributed by atoms with Gasteiger partial charge in [-0.25, -0.2) is 0 Å². The minimum atomic E-state index is -0.338. The van der Waals surface area contributed by atoms with Crippen LogP contribution in [0.2, 0.25) is 0 Å². The number of nitro benzene ring substituents is 1. The van der Waals surface area contributed by atoms with E-state index in [9.17, 15) is 10.1 Å². The molecule has 0 spiro atoms. The molecule has 0 saturated carbocycles. The molecule has 122 valence electrons. The Kier molecular flexibility index (Phi) is 4.40. The molecule has 1 aromatic carbocycles. The SMILES string of the molecule is CC(c1cc(-c2cnn(C)c2)cc([N+](=O)[O-])c1)N1CCOCC1. The Morgan fingerprint density at radius 2 is 2.00 bits per heavy atom. The van der Waals surface area contributed by atoms with Gasteiger partial charge in [-0.3, -0.25) is 19.7 Å². The van der Waals surface area contributed by atoms with Crippen LogP contribution in [-0.4, -0.2) is 45.9 Å². The van der Waals surface area contributed by atoms with Crippen LogP contribution in [0.15, 0.2) is 30.6 Å². The number of ether oxygens (including phenoxy) is 1. The summed E-state index contributed by atoms with van der Waals surface area (Å²) in [6.07, 6.45) is 3.59. The zero-order valence-corrected chi connectivity index (χ0v) is 13.3. The average molecular weight is 316 g/mol. The second kappa shape index (κ2) is 6.47. The van der Waals surface area contributed by atoms with Gasteiger partial charge >= 0.3 is 0 Å². The molecule has 3 rings (SSSR count). The van der Waals surface area contributed by atoms with Gasteiger partial charge in [-0.15, -0.1) is 0 Å². The Hall–Kier alpha value is -2.25. The van der Waals surface area contributed by atoms with Crippen molar-refractivity contribution in [3.05, 3.63) is 46.3 Å². The van der Waals surface area contributed by atoms with Crippen LogP contribution in [0.1, 0.15) is 18.5 Å². The maximum absolute atomic E-state index is 11.3. The third-order valence-electron chi connectivity index (χ3n) is 4.26. The smallest absolute Gasteiger partial charge is 0.270 e. The molecular weight excluding hydrogens is 296 g/mol. The Labute approximate surface area is 134 Å². The molecule has 2 aromatic rings. The molecule has 1 fully saturated rings. The molecule has 1 atom stereocenters. The van der Waals surface area contributed by atoms with E-state index in [4.69, 9.17) is 4.74 Å². The Morgan fingerprint density at radius 1 is 1.26 bits per heavy atom. The quantitative estimate of drug-likeness (QED) is 0.639. The summed E-state index contributed by atoms with van der Waals surface area (Å²) >= 11 is 0. The zero-order valence-electron chi connectivity index (χ0n) is 13.3. The summed E-state index contributed by atoms with van der Waals surface area (Å²) in [6.45, 7) is 5.17. The van der Waals surface area contributed by atoms with Crippen LogP contribution in [0, 0.1) is 10.1 Å². The Balaban J connectivity index is 1.98. The fourth-order valence-electron chi connectivity index (χ4n) is 2.89. The highest BCUT2D eigenvalue weighted by atomic mass is 16.6. The summed E-state index contributed by atoms with van der Waals surface area (Å²) in [5.74, 6) is 0. The predicted octanol–water partition coefficient (Wildman–Crippen LogP) is 2.39. The number of non-ortho nitro benzene ring substituents is 1. The molecular formula is C16H20N4O3. The first-order valence-electron chi connectivity index (χ1n) is 7.65. The van der Waals surface area contributed by atoms with E-state index in [1.165, 1.54) is 0 Å². The number of hydrogen-bond donors (Lipinski definition) is 0. The number of nitro groups is 1. The second-order valence-corrected chi connectivity index (χ2v) is 5.80. The van der Waals surface area contributed by atoms with Crippen LogP contribution in [0.3, 0.4) is 0 Å². The topological polar surface area (TPSA) is 73.4 Å². The van der Waals surface area contributed by atoms with E-state index < -0.39 is 0 Å². The van der Waals surface area contributed by atoms with Crippen molar-refractivity contribution >= 4 is 5.69 Å².